The van der Waals surface area contributed by atoms with E-state index >= 15 is 0 Å². The van der Waals surface area contributed by atoms with Crippen LogP contribution in [0.4, 0.5) is 4.79 Å². The number of rotatable bonds is 2. The summed E-state index contributed by atoms with van der Waals surface area (Å²) >= 11 is 0. The maximum atomic E-state index is 12.7. The molecule has 0 aromatic rings. The first-order valence-electron chi connectivity index (χ1n) is 9.46. The molecule has 2 rings (SSSR count). The molecule has 2 fully saturated rings. The number of hydrogen-bond donors (Lipinski definition) is 1. The third-order valence-electron chi connectivity index (χ3n) is 5.08. The molecular formula is C19H36N2O4S. The summed E-state index contributed by atoms with van der Waals surface area (Å²) in [7, 11) is -1.17. The van der Waals surface area contributed by atoms with Gasteiger partial charge in [-0.3, -0.25) is 0 Å². The second-order valence-electron chi connectivity index (χ2n) is 10.2. The molecule has 1 amide bonds. The van der Waals surface area contributed by atoms with Gasteiger partial charge in [0.25, 0.3) is 0 Å². The van der Waals surface area contributed by atoms with E-state index in [1.165, 1.54) is 0 Å². The minimum absolute atomic E-state index is 0.0177. The van der Waals surface area contributed by atoms with Gasteiger partial charge in [0.15, 0.2) is 0 Å². The van der Waals surface area contributed by atoms with Crippen molar-refractivity contribution in [3.05, 3.63) is 0 Å². The third kappa shape index (κ3) is 4.78. The maximum absolute atomic E-state index is 12.7. The second-order valence-corrected chi connectivity index (χ2v) is 12.2. The highest BCUT2D eigenvalue weighted by molar-refractivity contribution is 7.84. The van der Waals surface area contributed by atoms with E-state index in [1.54, 1.807) is 4.90 Å². The molecule has 26 heavy (non-hydrogen) atoms. The van der Waals surface area contributed by atoms with Crippen molar-refractivity contribution in [2.45, 2.75) is 90.2 Å². The average Bonchev–Trinajstić information content (AvgIpc) is 2.70. The molecule has 152 valence electrons. The number of nitrogens with one attached hydrogen (secondary N) is 1. The van der Waals surface area contributed by atoms with Gasteiger partial charge in [-0.1, -0.05) is 13.8 Å². The van der Waals surface area contributed by atoms with Crippen LogP contribution in [0.5, 0.6) is 0 Å². The Labute approximate surface area is 161 Å². The van der Waals surface area contributed by atoms with Crippen molar-refractivity contribution in [1.82, 2.24) is 9.62 Å². The predicted molar refractivity (Wildman–Crippen MR) is 104 cm³/mol. The summed E-state index contributed by atoms with van der Waals surface area (Å²) in [5, 5.41) is 0. The van der Waals surface area contributed by atoms with Gasteiger partial charge >= 0.3 is 6.09 Å². The average molecular weight is 389 g/mol. The van der Waals surface area contributed by atoms with Crippen molar-refractivity contribution >= 4 is 17.1 Å². The topological polar surface area (TPSA) is 67.9 Å². The Balaban J connectivity index is 2.09. The van der Waals surface area contributed by atoms with Crippen LogP contribution in [0, 0.1) is 5.41 Å². The van der Waals surface area contributed by atoms with Crippen LogP contribution in [0.1, 0.15) is 68.2 Å². The molecule has 0 radical (unpaired) electrons. The zero-order valence-corrected chi connectivity index (χ0v) is 18.4. The lowest BCUT2D eigenvalue weighted by Gasteiger charge is -2.44. The maximum Gasteiger partial charge on any atom is 0.410 e. The summed E-state index contributed by atoms with van der Waals surface area (Å²) in [4.78, 5) is 14.1. The van der Waals surface area contributed by atoms with Crippen LogP contribution < -0.4 is 4.72 Å². The fraction of sp³-hybridized carbons (Fsp3) is 0.947. The molecule has 6 nitrogen and oxygen atoms in total. The Kier molecular flexibility index (Phi) is 5.87. The van der Waals surface area contributed by atoms with Gasteiger partial charge in [-0.15, -0.1) is 0 Å². The first-order valence-corrected chi connectivity index (χ1v) is 10.6. The van der Waals surface area contributed by atoms with Gasteiger partial charge < -0.3 is 14.4 Å². The lowest BCUT2D eigenvalue weighted by molar-refractivity contribution is -0.0567. The molecule has 2 atom stereocenters. The summed E-state index contributed by atoms with van der Waals surface area (Å²) in [6.45, 7) is 17.6. The quantitative estimate of drug-likeness (QED) is 0.789. The largest absolute Gasteiger partial charge is 0.444 e. The van der Waals surface area contributed by atoms with E-state index in [2.05, 4.69) is 18.6 Å². The number of ether oxygens (including phenoxy) is 2. The van der Waals surface area contributed by atoms with Crippen molar-refractivity contribution in [3.8, 4) is 0 Å². The van der Waals surface area contributed by atoms with E-state index in [1.807, 2.05) is 41.5 Å². The van der Waals surface area contributed by atoms with E-state index in [0.29, 0.717) is 32.5 Å². The number of hydrogen-bond acceptors (Lipinski definition) is 4. The van der Waals surface area contributed by atoms with E-state index in [0.717, 1.165) is 0 Å². The molecule has 0 aromatic carbocycles. The summed E-state index contributed by atoms with van der Waals surface area (Å²) in [5.41, 5.74) is -0.996. The van der Waals surface area contributed by atoms with Crippen LogP contribution in [-0.4, -0.2) is 56.9 Å². The van der Waals surface area contributed by atoms with Crippen LogP contribution in [0.3, 0.4) is 0 Å². The highest BCUT2D eigenvalue weighted by Crippen LogP contribution is 2.45. The monoisotopic (exact) mass is 388 g/mol. The first kappa shape index (κ1) is 21.6. The number of carbonyl (C=O) groups is 1. The van der Waals surface area contributed by atoms with Crippen molar-refractivity contribution in [1.29, 1.82) is 0 Å². The van der Waals surface area contributed by atoms with Gasteiger partial charge in [0.2, 0.25) is 0 Å². The number of nitrogens with zero attached hydrogens (tertiary/aromatic N) is 1. The SMILES string of the molecule is CC(C)(C)OC(=O)N1CCC2(CC1)OCC(C)(C)[C@@H]2N[S@](=O)C(C)(C)C. The standard InChI is InChI=1S/C19H36N2O4S/c1-16(2,3)25-15(22)21-11-9-19(10-12-21)14(18(7,8)13-24-19)20-26(23)17(4,5)6/h14,20H,9-13H2,1-8H3/t14-,26+/m0/s1. The normalized spacial score (nSPS) is 26.8. The minimum atomic E-state index is -1.17. The van der Waals surface area contributed by atoms with Crippen molar-refractivity contribution < 1.29 is 18.5 Å². The summed E-state index contributed by atoms with van der Waals surface area (Å²) in [6.07, 6.45) is 1.16. The Morgan fingerprint density at radius 1 is 1.15 bits per heavy atom. The second kappa shape index (κ2) is 7.06. The Bertz CT molecular complexity index is 555. The molecule has 0 bridgehead atoms. The summed E-state index contributed by atoms with van der Waals surface area (Å²) in [6, 6.07) is -0.0177. The van der Waals surface area contributed by atoms with E-state index in [4.69, 9.17) is 9.47 Å². The molecule has 2 heterocycles. The van der Waals surface area contributed by atoms with Crippen LogP contribution in [0.25, 0.3) is 0 Å². The van der Waals surface area contributed by atoms with Crippen LogP contribution in [-0.2, 0) is 20.5 Å². The molecule has 2 aliphatic heterocycles. The fourth-order valence-corrected chi connectivity index (χ4v) is 4.69. The number of carbonyl (C=O) groups excluding carboxylic acids is 1. The number of likely N-dealkylation sites (tertiary alicyclic amines) is 1. The van der Waals surface area contributed by atoms with E-state index in [-0.39, 0.29) is 27.9 Å². The molecule has 2 aliphatic rings. The van der Waals surface area contributed by atoms with Gasteiger partial charge in [-0.25, -0.2) is 13.7 Å². The predicted octanol–water partition coefficient (Wildman–Crippen LogP) is 3.23. The van der Waals surface area contributed by atoms with Gasteiger partial charge in [-0.2, -0.15) is 0 Å². The molecule has 1 N–H and O–H groups in total. The molecule has 0 aliphatic carbocycles. The summed E-state index contributed by atoms with van der Waals surface area (Å²) < 4.78 is 27.5. The molecule has 0 saturated carbocycles. The van der Waals surface area contributed by atoms with Crippen LogP contribution in [0.15, 0.2) is 0 Å². The van der Waals surface area contributed by atoms with Gasteiger partial charge in [-0.05, 0) is 54.4 Å². The lowest BCUT2D eigenvalue weighted by Crippen LogP contribution is -2.60. The molecule has 1 spiro atoms. The van der Waals surface area contributed by atoms with Crippen molar-refractivity contribution in [2.24, 2.45) is 5.41 Å². The fourth-order valence-electron chi connectivity index (χ4n) is 3.59. The lowest BCUT2D eigenvalue weighted by atomic mass is 9.75. The molecule has 2 saturated heterocycles. The summed E-state index contributed by atoms with van der Waals surface area (Å²) in [5.74, 6) is 0. The van der Waals surface area contributed by atoms with Crippen LogP contribution in [0.2, 0.25) is 0 Å². The highest BCUT2D eigenvalue weighted by Gasteiger charge is 2.56. The Morgan fingerprint density at radius 3 is 2.15 bits per heavy atom. The van der Waals surface area contributed by atoms with Crippen molar-refractivity contribution in [3.63, 3.8) is 0 Å². The minimum Gasteiger partial charge on any atom is -0.444 e. The van der Waals surface area contributed by atoms with Crippen molar-refractivity contribution in [2.75, 3.05) is 19.7 Å². The third-order valence-corrected chi connectivity index (χ3v) is 6.64. The highest BCUT2D eigenvalue weighted by atomic mass is 32.2. The van der Waals surface area contributed by atoms with Gasteiger partial charge in [0.1, 0.15) is 5.60 Å². The first-order chi connectivity index (χ1) is 11.7. The van der Waals surface area contributed by atoms with Crippen LogP contribution >= 0.6 is 0 Å². The van der Waals surface area contributed by atoms with E-state index < -0.39 is 16.6 Å². The molecule has 7 heteroatoms. The van der Waals surface area contributed by atoms with E-state index in [9.17, 15) is 9.00 Å². The molecular weight excluding hydrogens is 352 g/mol. The zero-order valence-electron chi connectivity index (χ0n) is 17.6. The van der Waals surface area contributed by atoms with Gasteiger partial charge in [0.05, 0.1) is 34.0 Å². The smallest absolute Gasteiger partial charge is 0.410 e. The van der Waals surface area contributed by atoms with Gasteiger partial charge in [0, 0.05) is 18.5 Å². The molecule has 0 aromatic heterocycles. The Morgan fingerprint density at radius 2 is 1.69 bits per heavy atom. The molecule has 0 unspecified atom stereocenters. The number of amides is 1. The number of piperidine rings is 1. The Hall–Kier alpha value is -0.660. The zero-order chi connectivity index (χ0) is 20.0.